The van der Waals surface area contributed by atoms with Gasteiger partial charge in [-0.25, -0.2) is 0 Å². The van der Waals surface area contributed by atoms with Crippen LogP contribution in [0.2, 0.25) is 0 Å². The molecule has 0 aromatic heterocycles. The molecule has 11 rings (SSSR count). The Morgan fingerprint density at radius 2 is 0.726 bits per heavy atom. The Bertz CT molecular complexity index is 2980. The summed E-state index contributed by atoms with van der Waals surface area (Å²) in [4.78, 5) is 4.89. The van der Waals surface area contributed by atoms with E-state index in [9.17, 15) is 0 Å². The van der Waals surface area contributed by atoms with Crippen molar-refractivity contribution in [3.63, 3.8) is 0 Å². The summed E-state index contributed by atoms with van der Waals surface area (Å²) >= 11 is 0. The monoisotopic (exact) mass is 955 g/mol. The van der Waals surface area contributed by atoms with E-state index in [-0.39, 0.29) is 0 Å². The number of nitrogens with zero attached hydrogens (tertiary/aromatic N) is 2. The molecule has 2 fully saturated rings. The average Bonchev–Trinajstić information content (AvgIpc) is 4.38. The molecular weight excluding hydrogens is 881 g/mol. The van der Waals surface area contributed by atoms with Crippen LogP contribution < -0.4 is 9.80 Å². The third-order valence-corrected chi connectivity index (χ3v) is 14.8. The van der Waals surface area contributed by atoms with Gasteiger partial charge < -0.3 is 9.80 Å². The number of hydrogen-bond acceptors (Lipinski definition) is 2. The predicted octanol–water partition coefficient (Wildman–Crippen LogP) is 21.7. The van der Waals surface area contributed by atoms with Crippen LogP contribution in [0.4, 0.5) is 34.1 Å². The number of anilines is 6. The van der Waals surface area contributed by atoms with Crippen LogP contribution in [-0.4, -0.2) is 0 Å². The summed E-state index contributed by atoms with van der Waals surface area (Å²) in [5.74, 6) is 2.89. The highest BCUT2D eigenvalue weighted by molar-refractivity contribution is 6.22. The van der Waals surface area contributed by atoms with Crippen molar-refractivity contribution in [1.82, 2.24) is 0 Å². The molecule has 0 atom stereocenters. The molecule has 73 heavy (non-hydrogen) atoms. The minimum atomic E-state index is 0.463. The van der Waals surface area contributed by atoms with Crippen LogP contribution in [0.25, 0.3) is 43.8 Å². The van der Waals surface area contributed by atoms with Crippen LogP contribution in [0.3, 0.4) is 0 Å². The molecule has 0 radical (unpaired) electrons. The Morgan fingerprint density at radius 3 is 1.00 bits per heavy atom. The lowest BCUT2D eigenvalue weighted by atomic mass is 9.85. The van der Waals surface area contributed by atoms with E-state index in [0.717, 1.165) is 28.3 Å². The molecule has 0 N–H and O–H groups in total. The topological polar surface area (TPSA) is 6.48 Å². The van der Waals surface area contributed by atoms with Crippen LogP contribution in [0.15, 0.2) is 219 Å². The minimum Gasteiger partial charge on any atom is -0.310 e. The summed E-state index contributed by atoms with van der Waals surface area (Å²) < 4.78 is 0. The number of rotatable bonds is 14. The van der Waals surface area contributed by atoms with Crippen LogP contribution in [0.5, 0.6) is 0 Å². The van der Waals surface area contributed by atoms with Crippen molar-refractivity contribution in [2.24, 2.45) is 5.92 Å². The van der Waals surface area contributed by atoms with Gasteiger partial charge in [-0.15, -0.1) is 0 Å². The summed E-state index contributed by atoms with van der Waals surface area (Å²) in [6.45, 7) is 24.6. The van der Waals surface area contributed by atoms with Gasteiger partial charge in [0.2, 0.25) is 0 Å². The highest BCUT2D eigenvalue weighted by atomic mass is 15.1. The lowest BCUT2D eigenvalue weighted by Crippen LogP contribution is -2.11. The molecule has 0 saturated heterocycles. The Balaban J connectivity index is 0.000000675. The van der Waals surface area contributed by atoms with Crippen LogP contribution in [0.1, 0.15) is 127 Å². The van der Waals surface area contributed by atoms with Crippen molar-refractivity contribution in [2.45, 2.75) is 105 Å². The Hall–Kier alpha value is -7.42. The highest BCUT2D eigenvalue weighted by Crippen LogP contribution is 2.49. The van der Waals surface area contributed by atoms with E-state index in [1.165, 1.54) is 103 Å². The first-order valence-corrected chi connectivity index (χ1v) is 27.0. The van der Waals surface area contributed by atoms with Crippen LogP contribution in [0, 0.1) is 5.92 Å². The summed E-state index contributed by atoms with van der Waals surface area (Å²) in [5.41, 5.74) is 18.5. The number of allylic oxidation sites excluding steroid dienone is 2. The van der Waals surface area contributed by atoms with E-state index in [1.807, 2.05) is 13.8 Å². The van der Waals surface area contributed by atoms with E-state index < -0.39 is 0 Å². The van der Waals surface area contributed by atoms with E-state index in [2.05, 4.69) is 259 Å². The maximum absolute atomic E-state index is 3.75. The van der Waals surface area contributed by atoms with Gasteiger partial charge in [0.1, 0.15) is 0 Å². The van der Waals surface area contributed by atoms with Gasteiger partial charge in [0.25, 0.3) is 0 Å². The van der Waals surface area contributed by atoms with E-state index >= 15 is 0 Å². The largest absolute Gasteiger partial charge is 0.310 e. The Kier molecular flexibility index (Phi) is 15.6. The zero-order chi connectivity index (χ0) is 51.2. The second-order valence-electron chi connectivity index (χ2n) is 20.8. The van der Waals surface area contributed by atoms with Gasteiger partial charge in [0, 0.05) is 34.1 Å². The van der Waals surface area contributed by atoms with Gasteiger partial charge in [-0.1, -0.05) is 202 Å². The lowest BCUT2D eigenvalue weighted by molar-refractivity contribution is 0.796. The van der Waals surface area contributed by atoms with E-state index in [4.69, 9.17) is 0 Å². The molecule has 0 unspecified atom stereocenters. The summed E-state index contributed by atoms with van der Waals surface area (Å²) in [6, 6.07) is 73.5. The van der Waals surface area contributed by atoms with Gasteiger partial charge in [-0.2, -0.15) is 0 Å². The molecule has 2 heteroatoms. The van der Waals surface area contributed by atoms with Gasteiger partial charge >= 0.3 is 0 Å². The second kappa shape index (κ2) is 22.6. The molecule has 0 heterocycles. The summed E-state index contributed by atoms with van der Waals surface area (Å²) in [5, 5.41) is 4.94. The second-order valence-corrected chi connectivity index (χ2v) is 20.8. The van der Waals surface area contributed by atoms with Crippen molar-refractivity contribution in [1.29, 1.82) is 0 Å². The number of fused-ring (bicyclic) bond motifs is 2. The zero-order valence-electron chi connectivity index (χ0n) is 44.6. The quantitative estimate of drug-likeness (QED) is 0.0792. The average molecular weight is 955 g/mol. The van der Waals surface area contributed by atoms with Gasteiger partial charge in [-0.05, 0) is 194 Å². The number of hydrogen-bond donors (Lipinski definition) is 0. The molecule has 368 valence electrons. The molecule has 9 aromatic rings. The molecule has 9 aromatic carbocycles. The first-order chi connectivity index (χ1) is 35.6. The fraction of sp³-hybridized carbons (Fsp3) is 0.239. The van der Waals surface area contributed by atoms with E-state index in [1.54, 1.807) is 6.08 Å². The van der Waals surface area contributed by atoms with Crippen molar-refractivity contribution < 1.29 is 0 Å². The summed E-state index contributed by atoms with van der Waals surface area (Å²) in [6.07, 6.45) is 6.97. The highest BCUT2D eigenvalue weighted by Gasteiger charge is 2.26. The molecule has 0 bridgehead atoms. The molecule has 0 spiro atoms. The number of benzene rings is 9. The maximum Gasteiger partial charge on any atom is 0.0468 e. The Labute approximate surface area is 437 Å². The fourth-order valence-corrected chi connectivity index (χ4v) is 10.1. The molecule has 2 saturated carbocycles. The predicted molar refractivity (Wildman–Crippen MR) is 319 cm³/mol. The van der Waals surface area contributed by atoms with Gasteiger partial charge in [0.15, 0.2) is 0 Å². The molecule has 2 aliphatic carbocycles. The summed E-state index contributed by atoms with van der Waals surface area (Å²) in [7, 11) is 0. The smallest absolute Gasteiger partial charge is 0.0468 e. The molecular formula is C71H74N2. The fourth-order valence-electron chi connectivity index (χ4n) is 10.1. The first kappa shape index (κ1) is 50.5. The van der Waals surface area contributed by atoms with E-state index in [0.29, 0.717) is 29.6 Å². The van der Waals surface area contributed by atoms with Crippen molar-refractivity contribution in [3.05, 3.63) is 241 Å². The minimum absolute atomic E-state index is 0.463. The third-order valence-electron chi connectivity index (χ3n) is 14.8. The first-order valence-electron chi connectivity index (χ1n) is 27.0. The van der Waals surface area contributed by atoms with Crippen LogP contribution in [-0.2, 0) is 0 Å². The van der Waals surface area contributed by atoms with Crippen LogP contribution >= 0.6 is 0 Å². The molecule has 2 nitrogen and oxygen atoms in total. The van der Waals surface area contributed by atoms with Crippen molar-refractivity contribution in [3.8, 4) is 22.3 Å². The maximum atomic E-state index is 3.75. The molecule has 0 amide bonds. The zero-order valence-corrected chi connectivity index (χ0v) is 44.6. The SMILES string of the molecule is C=CC(=C)C(C)C.CC.CC(C)c1ccc(N(c2ccc(C3CC3)cc2)c2ccc3c(-c4ccccc4)c4cc(N(c5ccc(C(C)C)cc5)c5ccc(C6CC6)cc5)ccc4c(-c4ccccc4)c3c2)cc1. The van der Waals surface area contributed by atoms with Gasteiger partial charge in [-0.3, -0.25) is 0 Å². The normalized spacial score (nSPS) is 13.1. The molecule has 0 aliphatic heterocycles. The lowest BCUT2D eigenvalue weighted by Gasteiger charge is -2.28. The van der Waals surface area contributed by atoms with Gasteiger partial charge in [0.05, 0.1) is 0 Å². The Morgan fingerprint density at radius 1 is 0.411 bits per heavy atom. The van der Waals surface area contributed by atoms with Crippen molar-refractivity contribution >= 4 is 55.7 Å². The standard InChI is InChI=1S/C62H56N2.C7H12.C2H6/c1-41(2)43-19-27-51(28-20-43)63(53-31-23-47(24-32-53)45-15-16-45)55-35-37-57-59(39-55)61(49-11-7-5-8-12-49)58-38-36-56(40-60(58)62(57)50-13-9-6-10-14-50)64(52-29-21-44(22-30-52)42(3)4)54-33-25-48(26-34-54)46-17-18-46;1-5-7(4)6(2)3;1-2/h5-14,19-42,45-46H,15-18H2,1-4H3;5-6H,1,4H2,2-3H3;1-2H3. The third kappa shape index (κ3) is 11.2. The van der Waals surface area contributed by atoms with Crippen molar-refractivity contribution in [2.75, 3.05) is 9.80 Å². The molecule has 2 aliphatic rings.